The van der Waals surface area contributed by atoms with Crippen molar-refractivity contribution in [3.8, 4) is 5.75 Å². The highest BCUT2D eigenvalue weighted by atomic mass is 32.2. The van der Waals surface area contributed by atoms with Crippen LogP contribution >= 0.6 is 11.8 Å². The van der Waals surface area contributed by atoms with E-state index in [2.05, 4.69) is 10.3 Å². The molecule has 3 aromatic rings. The zero-order valence-electron chi connectivity index (χ0n) is 16.7. The van der Waals surface area contributed by atoms with Gasteiger partial charge in [-0.2, -0.15) is 0 Å². The first kappa shape index (κ1) is 20.7. The van der Waals surface area contributed by atoms with Crippen LogP contribution < -0.4 is 21.3 Å². The number of nitrogens with zero attached hydrogens (tertiary/aromatic N) is 2. The molecule has 31 heavy (non-hydrogen) atoms. The van der Waals surface area contributed by atoms with Gasteiger partial charge >= 0.3 is 5.69 Å². The summed E-state index contributed by atoms with van der Waals surface area (Å²) < 4.78 is 5.97. The normalized spacial score (nSPS) is 15.8. The molecule has 1 fully saturated rings. The molecule has 2 amide bonds. The predicted molar refractivity (Wildman–Crippen MR) is 118 cm³/mol. The minimum absolute atomic E-state index is 0.305. The summed E-state index contributed by atoms with van der Waals surface area (Å²) in [6.45, 7) is -0.439. The van der Waals surface area contributed by atoms with E-state index in [0.717, 1.165) is 4.57 Å². The number of amides is 2. The van der Waals surface area contributed by atoms with Gasteiger partial charge in [-0.25, -0.2) is 4.79 Å². The fourth-order valence-corrected chi connectivity index (χ4v) is 4.55. The van der Waals surface area contributed by atoms with Gasteiger partial charge in [0, 0.05) is 11.4 Å². The minimum Gasteiger partial charge on any atom is -0.497 e. The van der Waals surface area contributed by atoms with Crippen molar-refractivity contribution in [2.75, 3.05) is 24.1 Å². The Morgan fingerprint density at radius 3 is 2.65 bits per heavy atom. The molecule has 1 atom stereocenters. The third-order valence-electron chi connectivity index (χ3n) is 5.05. The van der Waals surface area contributed by atoms with Crippen molar-refractivity contribution in [1.29, 1.82) is 0 Å². The van der Waals surface area contributed by atoms with Gasteiger partial charge in [0.1, 0.15) is 18.3 Å². The Labute approximate surface area is 181 Å². The maximum Gasteiger partial charge on any atom is 0.329 e. The molecule has 0 radical (unpaired) electrons. The number of carbonyl (C=O) groups is 2. The van der Waals surface area contributed by atoms with Crippen molar-refractivity contribution in [2.24, 2.45) is 0 Å². The van der Waals surface area contributed by atoms with Crippen LogP contribution in [0.25, 0.3) is 10.9 Å². The van der Waals surface area contributed by atoms with E-state index in [4.69, 9.17) is 4.74 Å². The summed E-state index contributed by atoms with van der Waals surface area (Å²) in [5.41, 5.74) is -0.214. The first-order chi connectivity index (χ1) is 15.0. The SMILES string of the molecule is COc1ccc(NC(=O)C2CSCN2C(=O)Cn2c(=O)[nH]c3ccccc3c2=O)cc1. The number of nitrogens with one attached hydrogen (secondary N) is 2. The highest BCUT2D eigenvalue weighted by Gasteiger charge is 2.35. The zero-order chi connectivity index (χ0) is 22.0. The molecule has 4 rings (SSSR count). The van der Waals surface area contributed by atoms with Gasteiger partial charge in [0.05, 0.1) is 23.9 Å². The highest BCUT2D eigenvalue weighted by Crippen LogP contribution is 2.23. The van der Waals surface area contributed by atoms with Crippen LogP contribution in [-0.2, 0) is 16.1 Å². The fraction of sp³-hybridized carbons (Fsp3) is 0.238. The third-order valence-corrected chi connectivity index (χ3v) is 6.06. The molecule has 1 aliphatic heterocycles. The second-order valence-corrected chi connectivity index (χ2v) is 7.96. The number of aromatic amines is 1. The number of para-hydroxylation sites is 1. The molecule has 1 saturated heterocycles. The van der Waals surface area contributed by atoms with Gasteiger partial charge in [-0.3, -0.25) is 19.0 Å². The lowest BCUT2D eigenvalue weighted by molar-refractivity contribution is -0.136. The number of hydrogen-bond donors (Lipinski definition) is 2. The Morgan fingerprint density at radius 1 is 1.16 bits per heavy atom. The van der Waals surface area contributed by atoms with Gasteiger partial charge in [0.25, 0.3) is 5.56 Å². The Balaban J connectivity index is 1.51. The zero-order valence-corrected chi connectivity index (χ0v) is 17.5. The molecule has 0 aliphatic carbocycles. The second-order valence-electron chi connectivity index (χ2n) is 6.96. The smallest absolute Gasteiger partial charge is 0.329 e. The van der Waals surface area contributed by atoms with Crippen molar-refractivity contribution in [3.05, 3.63) is 69.4 Å². The number of rotatable bonds is 5. The van der Waals surface area contributed by atoms with Gasteiger partial charge in [0.2, 0.25) is 11.8 Å². The van der Waals surface area contributed by atoms with Crippen LogP contribution in [0.3, 0.4) is 0 Å². The number of hydrogen-bond acceptors (Lipinski definition) is 6. The highest BCUT2D eigenvalue weighted by molar-refractivity contribution is 7.99. The quantitative estimate of drug-likeness (QED) is 0.617. The monoisotopic (exact) mass is 440 g/mol. The fourth-order valence-electron chi connectivity index (χ4n) is 3.37. The summed E-state index contributed by atoms with van der Waals surface area (Å²) in [7, 11) is 1.55. The van der Waals surface area contributed by atoms with Gasteiger partial charge in [0.15, 0.2) is 0 Å². The van der Waals surface area contributed by atoms with Gasteiger partial charge in [-0.05, 0) is 36.4 Å². The largest absolute Gasteiger partial charge is 0.497 e. The van der Waals surface area contributed by atoms with Crippen molar-refractivity contribution in [2.45, 2.75) is 12.6 Å². The van der Waals surface area contributed by atoms with Crippen LogP contribution in [0, 0.1) is 0 Å². The average molecular weight is 440 g/mol. The number of ether oxygens (including phenoxy) is 1. The van der Waals surface area contributed by atoms with Crippen molar-refractivity contribution < 1.29 is 14.3 Å². The molecule has 2 heterocycles. The molecule has 2 aromatic carbocycles. The van der Waals surface area contributed by atoms with Crippen LogP contribution in [0.15, 0.2) is 58.1 Å². The predicted octanol–water partition coefficient (Wildman–Crippen LogP) is 1.24. The number of benzene rings is 2. The number of carbonyl (C=O) groups excluding carboxylic acids is 2. The standard InChI is InChI=1S/C21H20N4O5S/c1-30-14-8-6-13(7-9-14)22-19(27)17-11-31-12-25(17)18(26)10-24-20(28)15-4-2-3-5-16(15)23-21(24)29/h2-9,17H,10-12H2,1H3,(H,22,27)(H,23,29). The summed E-state index contributed by atoms with van der Waals surface area (Å²) in [5, 5.41) is 3.11. The maximum absolute atomic E-state index is 12.9. The Hall–Kier alpha value is -3.53. The number of aromatic nitrogens is 2. The number of thioether (sulfide) groups is 1. The third kappa shape index (κ3) is 4.19. The van der Waals surface area contributed by atoms with Crippen LogP contribution in [0.1, 0.15) is 0 Å². The van der Waals surface area contributed by atoms with E-state index in [0.29, 0.717) is 34.0 Å². The first-order valence-electron chi connectivity index (χ1n) is 9.52. The molecule has 1 aromatic heterocycles. The molecule has 1 unspecified atom stereocenters. The van der Waals surface area contributed by atoms with Crippen LogP contribution in [0.5, 0.6) is 5.75 Å². The summed E-state index contributed by atoms with van der Waals surface area (Å²) in [4.78, 5) is 54.7. The molecule has 160 valence electrons. The Morgan fingerprint density at radius 2 is 1.90 bits per heavy atom. The van der Waals surface area contributed by atoms with Crippen molar-refractivity contribution in [3.63, 3.8) is 0 Å². The molecular weight excluding hydrogens is 420 g/mol. The average Bonchev–Trinajstić information content (AvgIpc) is 3.27. The topological polar surface area (TPSA) is 114 Å². The van der Waals surface area contributed by atoms with E-state index in [1.54, 1.807) is 55.6 Å². The van der Waals surface area contributed by atoms with Crippen molar-refractivity contribution in [1.82, 2.24) is 14.5 Å². The molecule has 9 nitrogen and oxygen atoms in total. The van der Waals surface area contributed by atoms with E-state index in [1.807, 2.05) is 0 Å². The molecule has 0 bridgehead atoms. The summed E-state index contributed by atoms with van der Waals surface area (Å²) >= 11 is 1.44. The van der Waals surface area contributed by atoms with Crippen LogP contribution in [0.4, 0.5) is 5.69 Å². The van der Waals surface area contributed by atoms with E-state index >= 15 is 0 Å². The van der Waals surface area contributed by atoms with E-state index in [9.17, 15) is 19.2 Å². The second kappa shape index (κ2) is 8.68. The van der Waals surface area contributed by atoms with Gasteiger partial charge in [-0.15, -0.1) is 11.8 Å². The number of H-pyrrole nitrogens is 1. The summed E-state index contributed by atoms with van der Waals surface area (Å²) in [6, 6.07) is 12.8. The molecule has 0 spiro atoms. The summed E-state index contributed by atoms with van der Waals surface area (Å²) in [5.74, 6) is 0.597. The van der Waals surface area contributed by atoms with Crippen LogP contribution in [0.2, 0.25) is 0 Å². The first-order valence-corrected chi connectivity index (χ1v) is 10.7. The van der Waals surface area contributed by atoms with Crippen molar-refractivity contribution >= 4 is 40.2 Å². The number of anilines is 1. The van der Waals surface area contributed by atoms with E-state index < -0.39 is 29.7 Å². The van der Waals surface area contributed by atoms with E-state index in [-0.39, 0.29) is 5.91 Å². The lowest BCUT2D eigenvalue weighted by Gasteiger charge is -2.23. The van der Waals surface area contributed by atoms with E-state index in [1.165, 1.54) is 16.7 Å². The molecule has 2 N–H and O–H groups in total. The molecular formula is C21H20N4O5S. The molecule has 1 aliphatic rings. The molecule has 0 saturated carbocycles. The Kier molecular flexibility index (Phi) is 5.81. The van der Waals surface area contributed by atoms with Gasteiger partial charge < -0.3 is 19.9 Å². The minimum atomic E-state index is -0.699. The maximum atomic E-state index is 12.9. The summed E-state index contributed by atoms with van der Waals surface area (Å²) in [6.07, 6.45) is 0. The number of methoxy groups -OCH3 is 1. The lowest BCUT2D eigenvalue weighted by Crippen LogP contribution is -2.48. The lowest BCUT2D eigenvalue weighted by atomic mass is 10.2. The number of fused-ring (bicyclic) bond motifs is 1. The Bertz CT molecular complexity index is 1250. The molecule has 10 heteroatoms. The van der Waals surface area contributed by atoms with Gasteiger partial charge in [-0.1, -0.05) is 12.1 Å². The van der Waals surface area contributed by atoms with Crippen LogP contribution in [-0.4, -0.2) is 51.0 Å².